The van der Waals surface area contributed by atoms with Crippen LogP contribution in [0.3, 0.4) is 0 Å². The molecule has 0 aromatic rings. The van der Waals surface area contributed by atoms with Crippen LogP contribution in [0.1, 0.15) is 39.5 Å². The van der Waals surface area contributed by atoms with Crippen molar-refractivity contribution in [2.24, 2.45) is 17.3 Å². The first-order chi connectivity index (χ1) is 6.51. The fourth-order valence-corrected chi connectivity index (χ4v) is 3.38. The first-order valence-corrected chi connectivity index (χ1v) is 5.44. The van der Waals surface area contributed by atoms with Crippen LogP contribution in [0.4, 0.5) is 0 Å². The van der Waals surface area contributed by atoms with Crippen LogP contribution in [0.25, 0.3) is 0 Å². The molecule has 2 saturated carbocycles. The zero-order chi connectivity index (χ0) is 10.3. The standard InChI is InChI=1S/C12H18O2/c1-8(11(13)14)6-12(2)7-9-3-4-10(12)5-9/h6,9-10H,3-5,7H2,1-2H3,(H,13,14). The molecule has 0 aromatic heterocycles. The molecule has 2 nitrogen and oxygen atoms in total. The molecule has 0 amide bonds. The van der Waals surface area contributed by atoms with Crippen LogP contribution < -0.4 is 0 Å². The minimum absolute atomic E-state index is 0.172. The van der Waals surface area contributed by atoms with Crippen molar-refractivity contribution < 1.29 is 9.90 Å². The normalized spacial score (nSPS) is 41.7. The van der Waals surface area contributed by atoms with Gasteiger partial charge in [0.2, 0.25) is 0 Å². The molecule has 0 saturated heterocycles. The van der Waals surface area contributed by atoms with E-state index in [2.05, 4.69) is 6.92 Å². The van der Waals surface area contributed by atoms with Gasteiger partial charge < -0.3 is 5.11 Å². The van der Waals surface area contributed by atoms with Crippen molar-refractivity contribution in [3.63, 3.8) is 0 Å². The van der Waals surface area contributed by atoms with Gasteiger partial charge in [0.1, 0.15) is 0 Å². The molecule has 2 fully saturated rings. The van der Waals surface area contributed by atoms with Gasteiger partial charge in [0, 0.05) is 5.57 Å². The van der Waals surface area contributed by atoms with Crippen LogP contribution in [0.5, 0.6) is 0 Å². The summed E-state index contributed by atoms with van der Waals surface area (Å²) in [7, 11) is 0. The van der Waals surface area contributed by atoms with Crippen molar-refractivity contribution in [3.8, 4) is 0 Å². The Labute approximate surface area is 85.0 Å². The highest BCUT2D eigenvalue weighted by Crippen LogP contribution is 2.56. The highest BCUT2D eigenvalue weighted by Gasteiger charge is 2.46. The molecule has 0 spiro atoms. The summed E-state index contributed by atoms with van der Waals surface area (Å²) in [4.78, 5) is 10.8. The smallest absolute Gasteiger partial charge is 0.330 e. The molecule has 1 N–H and O–H groups in total. The number of fused-ring (bicyclic) bond motifs is 2. The first kappa shape index (κ1) is 9.75. The van der Waals surface area contributed by atoms with E-state index in [1.165, 1.54) is 25.7 Å². The predicted molar refractivity (Wildman–Crippen MR) is 54.9 cm³/mol. The Balaban J connectivity index is 2.18. The second-order valence-electron chi connectivity index (χ2n) is 5.22. The Kier molecular flexibility index (Phi) is 2.17. The lowest BCUT2D eigenvalue weighted by molar-refractivity contribution is -0.132. The van der Waals surface area contributed by atoms with Gasteiger partial charge in [0.15, 0.2) is 0 Å². The van der Waals surface area contributed by atoms with Crippen molar-refractivity contribution in [3.05, 3.63) is 11.6 Å². The van der Waals surface area contributed by atoms with Gasteiger partial charge in [-0.1, -0.05) is 19.4 Å². The van der Waals surface area contributed by atoms with E-state index in [1.54, 1.807) is 6.92 Å². The van der Waals surface area contributed by atoms with Gasteiger partial charge in [-0.2, -0.15) is 0 Å². The van der Waals surface area contributed by atoms with Gasteiger partial charge in [-0.3, -0.25) is 0 Å². The third kappa shape index (κ3) is 1.47. The van der Waals surface area contributed by atoms with E-state index in [0.29, 0.717) is 5.57 Å². The molecule has 2 aliphatic rings. The van der Waals surface area contributed by atoms with Crippen molar-refractivity contribution >= 4 is 5.97 Å². The maximum atomic E-state index is 10.8. The number of allylic oxidation sites excluding steroid dienone is 1. The van der Waals surface area contributed by atoms with Gasteiger partial charge in [-0.15, -0.1) is 0 Å². The SMILES string of the molecule is CC(=CC1(C)CC2CCC1C2)C(=O)O. The number of aliphatic carboxylic acids is 1. The van der Waals surface area contributed by atoms with Crippen molar-refractivity contribution in [1.82, 2.24) is 0 Å². The summed E-state index contributed by atoms with van der Waals surface area (Å²) < 4.78 is 0. The molecule has 78 valence electrons. The van der Waals surface area contributed by atoms with E-state index in [-0.39, 0.29) is 5.41 Å². The summed E-state index contributed by atoms with van der Waals surface area (Å²) in [6.07, 6.45) is 7.17. The monoisotopic (exact) mass is 194 g/mol. The lowest BCUT2D eigenvalue weighted by Gasteiger charge is -2.31. The molecule has 0 heterocycles. The minimum Gasteiger partial charge on any atom is -0.478 e. The summed E-state index contributed by atoms with van der Waals surface area (Å²) in [5.74, 6) is 0.832. The molecule has 0 radical (unpaired) electrons. The number of carbonyl (C=O) groups is 1. The zero-order valence-electron chi connectivity index (χ0n) is 8.92. The van der Waals surface area contributed by atoms with Gasteiger partial charge in [-0.05, 0) is 43.4 Å². The number of hydrogen-bond donors (Lipinski definition) is 1. The molecular formula is C12H18O2. The number of carboxylic acids is 1. The van der Waals surface area contributed by atoms with Crippen LogP contribution in [0.15, 0.2) is 11.6 Å². The molecule has 3 atom stereocenters. The van der Waals surface area contributed by atoms with E-state index in [4.69, 9.17) is 5.11 Å². The number of carboxylic acid groups (broad SMARTS) is 1. The second-order valence-corrected chi connectivity index (χ2v) is 5.22. The Morgan fingerprint density at radius 1 is 1.50 bits per heavy atom. The van der Waals surface area contributed by atoms with E-state index in [9.17, 15) is 4.79 Å². The summed E-state index contributed by atoms with van der Waals surface area (Å²) in [5, 5.41) is 8.86. The zero-order valence-corrected chi connectivity index (χ0v) is 8.92. The highest BCUT2D eigenvalue weighted by molar-refractivity contribution is 5.85. The predicted octanol–water partition coefficient (Wildman–Crippen LogP) is 2.84. The Bertz CT molecular complexity index is 293. The average molecular weight is 194 g/mol. The molecule has 14 heavy (non-hydrogen) atoms. The van der Waals surface area contributed by atoms with Crippen LogP contribution >= 0.6 is 0 Å². The molecule has 0 aromatic carbocycles. The van der Waals surface area contributed by atoms with Crippen LogP contribution in [-0.2, 0) is 4.79 Å². The Hall–Kier alpha value is -0.790. The van der Waals surface area contributed by atoms with Gasteiger partial charge in [0.05, 0.1) is 0 Å². The van der Waals surface area contributed by atoms with Gasteiger partial charge in [0.25, 0.3) is 0 Å². The lowest BCUT2D eigenvalue weighted by atomic mass is 9.74. The van der Waals surface area contributed by atoms with E-state index >= 15 is 0 Å². The number of rotatable bonds is 2. The van der Waals surface area contributed by atoms with Crippen molar-refractivity contribution in [1.29, 1.82) is 0 Å². The molecule has 0 aliphatic heterocycles. The van der Waals surface area contributed by atoms with E-state index in [1.807, 2.05) is 6.08 Å². The molecule has 2 heteroatoms. The number of hydrogen-bond acceptors (Lipinski definition) is 1. The molecule has 3 unspecified atom stereocenters. The fourth-order valence-electron chi connectivity index (χ4n) is 3.38. The van der Waals surface area contributed by atoms with E-state index < -0.39 is 5.97 Å². The molecule has 2 rings (SSSR count). The van der Waals surface area contributed by atoms with Crippen LogP contribution in [-0.4, -0.2) is 11.1 Å². The van der Waals surface area contributed by atoms with E-state index in [0.717, 1.165) is 11.8 Å². The minimum atomic E-state index is -0.769. The van der Waals surface area contributed by atoms with Gasteiger partial charge in [-0.25, -0.2) is 4.79 Å². The Morgan fingerprint density at radius 3 is 2.64 bits per heavy atom. The maximum Gasteiger partial charge on any atom is 0.330 e. The summed E-state index contributed by atoms with van der Waals surface area (Å²) in [6.45, 7) is 3.93. The third-order valence-corrected chi connectivity index (χ3v) is 4.09. The van der Waals surface area contributed by atoms with Crippen molar-refractivity contribution in [2.75, 3.05) is 0 Å². The maximum absolute atomic E-state index is 10.8. The largest absolute Gasteiger partial charge is 0.478 e. The quantitative estimate of drug-likeness (QED) is 0.686. The molecule has 2 bridgehead atoms. The summed E-state index contributed by atoms with van der Waals surface area (Å²) in [5.41, 5.74) is 0.686. The van der Waals surface area contributed by atoms with Crippen molar-refractivity contribution in [2.45, 2.75) is 39.5 Å². The topological polar surface area (TPSA) is 37.3 Å². The highest BCUT2D eigenvalue weighted by atomic mass is 16.4. The molecular weight excluding hydrogens is 176 g/mol. The van der Waals surface area contributed by atoms with Crippen LogP contribution in [0, 0.1) is 17.3 Å². The second kappa shape index (κ2) is 3.11. The lowest BCUT2D eigenvalue weighted by Crippen LogP contribution is -2.22. The first-order valence-electron chi connectivity index (χ1n) is 5.44. The average Bonchev–Trinajstić information content (AvgIpc) is 2.62. The van der Waals surface area contributed by atoms with Crippen LogP contribution in [0.2, 0.25) is 0 Å². The summed E-state index contributed by atoms with van der Waals surface area (Å²) >= 11 is 0. The van der Waals surface area contributed by atoms with Gasteiger partial charge >= 0.3 is 5.97 Å². The molecule has 2 aliphatic carbocycles. The Morgan fingerprint density at radius 2 is 2.21 bits per heavy atom. The summed E-state index contributed by atoms with van der Waals surface area (Å²) in [6, 6.07) is 0. The fraction of sp³-hybridized carbons (Fsp3) is 0.750. The third-order valence-electron chi connectivity index (χ3n) is 4.09.